The Morgan fingerprint density at radius 2 is 2.24 bits per heavy atom. The third-order valence-corrected chi connectivity index (χ3v) is 3.27. The summed E-state index contributed by atoms with van der Waals surface area (Å²) in [6.45, 7) is 6.67. The number of hydrogen-bond acceptors (Lipinski definition) is 3. The molecular formula is C12H21N3OS. The molecule has 0 aliphatic rings. The van der Waals surface area contributed by atoms with Crippen LogP contribution in [-0.4, -0.2) is 27.9 Å². The highest BCUT2D eigenvalue weighted by Gasteiger charge is 2.21. The Bertz CT molecular complexity index is 433. The molecule has 1 atom stereocenters. The van der Waals surface area contributed by atoms with E-state index < -0.39 is 0 Å². The van der Waals surface area contributed by atoms with E-state index in [4.69, 9.17) is 12.2 Å². The summed E-state index contributed by atoms with van der Waals surface area (Å²) in [5.41, 5.74) is 1.05. The average Bonchev–Trinajstić information content (AvgIpc) is 2.59. The highest BCUT2D eigenvalue weighted by atomic mass is 32.1. The number of imidazole rings is 1. The van der Waals surface area contributed by atoms with Crippen molar-refractivity contribution in [3.05, 3.63) is 16.7 Å². The summed E-state index contributed by atoms with van der Waals surface area (Å²) in [6.07, 6.45) is 2.55. The van der Waals surface area contributed by atoms with Crippen molar-refractivity contribution in [3.63, 3.8) is 0 Å². The molecule has 0 saturated heterocycles. The first kappa shape index (κ1) is 14.1. The number of likely N-dealkylation sites (N-methyl/N-ethyl adjacent to an activating group) is 1. The Morgan fingerprint density at radius 3 is 2.65 bits per heavy atom. The molecule has 0 aliphatic carbocycles. The molecule has 1 aromatic rings. The summed E-state index contributed by atoms with van der Waals surface area (Å²) in [7, 11) is 1.91. The molecule has 0 amide bonds. The summed E-state index contributed by atoms with van der Waals surface area (Å²) >= 11 is 5.11. The van der Waals surface area contributed by atoms with Gasteiger partial charge in [-0.15, -0.1) is 0 Å². The molecule has 0 aromatic carbocycles. The van der Waals surface area contributed by atoms with Gasteiger partial charge in [0.25, 0.3) is 0 Å². The van der Waals surface area contributed by atoms with Gasteiger partial charge in [-0.2, -0.15) is 0 Å². The number of nitrogens with zero attached hydrogens (tertiary/aromatic N) is 1. The van der Waals surface area contributed by atoms with Crippen molar-refractivity contribution in [2.75, 3.05) is 6.54 Å². The van der Waals surface area contributed by atoms with Crippen LogP contribution in [-0.2, 0) is 18.3 Å². The van der Waals surface area contributed by atoms with Gasteiger partial charge in [-0.05, 0) is 18.8 Å². The first-order valence-corrected chi connectivity index (χ1v) is 6.38. The van der Waals surface area contributed by atoms with E-state index in [9.17, 15) is 4.79 Å². The van der Waals surface area contributed by atoms with Gasteiger partial charge in [0.05, 0.1) is 6.04 Å². The zero-order chi connectivity index (χ0) is 13.0. The maximum atomic E-state index is 12.0. The van der Waals surface area contributed by atoms with Crippen LogP contribution in [0, 0.1) is 10.7 Å². The summed E-state index contributed by atoms with van der Waals surface area (Å²) in [6, 6.07) is -0.128. The number of rotatable bonds is 6. The average molecular weight is 255 g/mol. The molecule has 1 unspecified atom stereocenters. The fourth-order valence-corrected chi connectivity index (χ4v) is 1.97. The van der Waals surface area contributed by atoms with Crippen LogP contribution >= 0.6 is 12.2 Å². The number of H-pyrrole nitrogens is 1. The topological polar surface area (TPSA) is 49.8 Å². The van der Waals surface area contributed by atoms with Gasteiger partial charge in [-0.25, -0.2) is 0 Å². The summed E-state index contributed by atoms with van der Waals surface area (Å²) in [5, 5.41) is 3.24. The van der Waals surface area contributed by atoms with Gasteiger partial charge in [-0.3, -0.25) is 4.79 Å². The van der Waals surface area contributed by atoms with E-state index >= 15 is 0 Å². The van der Waals surface area contributed by atoms with Crippen LogP contribution in [0.15, 0.2) is 6.20 Å². The zero-order valence-electron chi connectivity index (χ0n) is 10.9. The van der Waals surface area contributed by atoms with Crippen molar-refractivity contribution < 1.29 is 4.79 Å². The number of Topliss-reactive ketones (excluding diaryl/α,β-unsaturated/α-hetero) is 1. The maximum Gasteiger partial charge on any atom is 0.177 e. The lowest BCUT2D eigenvalue weighted by Crippen LogP contribution is -2.41. The van der Waals surface area contributed by atoms with Gasteiger partial charge in [0, 0.05) is 31.3 Å². The van der Waals surface area contributed by atoms with E-state index in [0.29, 0.717) is 11.2 Å². The van der Waals surface area contributed by atoms with Gasteiger partial charge in [0.2, 0.25) is 0 Å². The molecule has 5 heteroatoms. The molecule has 0 fully saturated rings. The molecule has 96 valence electrons. The predicted octanol–water partition coefficient (Wildman–Crippen LogP) is 1.83. The van der Waals surface area contributed by atoms with Crippen LogP contribution in [0.3, 0.4) is 0 Å². The van der Waals surface area contributed by atoms with Crippen LogP contribution in [0.25, 0.3) is 0 Å². The minimum Gasteiger partial charge on any atom is -0.337 e. The fourth-order valence-electron chi connectivity index (χ4n) is 1.80. The number of hydrogen-bond donors (Lipinski definition) is 2. The molecule has 0 spiro atoms. The Kier molecular flexibility index (Phi) is 5.08. The third-order valence-electron chi connectivity index (χ3n) is 2.87. The Hall–Kier alpha value is -0.940. The predicted molar refractivity (Wildman–Crippen MR) is 71.6 cm³/mol. The molecule has 17 heavy (non-hydrogen) atoms. The second-order valence-corrected chi connectivity index (χ2v) is 4.90. The molecule has 0 saturated carbocycles. The molecular weight excluding hydrogens is 234 g/mol. The SMILES string of the molecule is CCNC(Cc1c[nH]c(=S)n1C)C(=O)C(C)C. The molecule has 1 heterocycles. The summed E-state index contributed by atoms with van der Waals surface area (Å²) in [5.74, 6) is 0.297. The van der Waals surface area contributed by atoms with Crippen molar-refractivity contribution in [1.29, 1.82) is 0 Å². The monoisotopic (exact) mass is 255 g/mol. The lowest BCUT2D eigenvalue weighted by molar-refractivity contribution is -0.123. The number of nitrogens with one attached hydrogen (secondary N) is 2. The third kappa shape index (κ3) is 3.51. The lowest BCUT2D eigenvalue weighted by Gasteiger charge is -2.18. The van der Waals surface area contributed by atoms with Crippen molar-refractivity contribution >= 4 is 18.0 Å². The van der Waals surface area contributed by atoms with Crippen molar-refractivity contribution in [2.45, 2.75) is 33.2 Å². The molecule has 4 nitrogen and oxygen atoms in total. The second kappa shape index (κ2) is 6.12. The summed E-state index contributed by atoms with van der Waals surface area (Å²) < 4.78 is 2.60. The maximum absolute atomic E-state index is 12.0. The highest BCUT2D eigenvalue weighted by molar-refractivity contribution is 7.71. The van der Waals surface area contributed by atoms with Crippen molar-refractivity contribution in [1.82, 2.24) is 14.9 Å². The van der Waals surface area contributed by atoms with Crippen molar-refractivity contribution in [2.24, 2.45) is 13.0 Å². The number of ketones is 1. The van der Waals surface area contributed by atoms with Gasteiger partial charge in [0.1, 0.15) is 0 Å². The normalized spacial score (nSPS) is 13.0. The minimum absolute atomic E-state index is 0.0475. The van der Waals surface area contributed by atoms with Gasteiger partial charge >= 0.3 is 0 Å². The molecule has 0 aliphatic heterocycles. The second-order valence-electron chi connectivity index (χ2n) is 4.52. The van der Waals surface area contributed by atoms with Crippen LogP contribution < -0.4 is 5.32 Å². The van der Waals surface area contributed by atoms with E-state index in [1.807, 2.05) is 38.6 Å². The Balaban J connectivity index is 2.83. The smallest absolute Gasteiger partial charge is 0.177 e. The number of aromatic amines is 1. The van der Waals surface area contributed by atoms with Crippen LogP contribution in [0.4, 0.5) is 0 Å². The van der Waals surface area contributed by atoms with E-state index in [0.717, 1.165) is 12.2 Å². The van der Waals surface area contributed by atoms with Gasteiger partial charge in [-0.1, -0.05) is 20.8 Å². The first-order valence-electron chi connectivity index (χ1n) is 5.97. The number of aromatic nitrogens is 2. The fraction of sp³-hybridized carbons (Fsp3) is 0.667. The van der Waals surface area contributed by atoms with E-state index in [1.54, 1.807) is 0 Å². The molecule has 1 aromatic heterocycles. The van der Waals surface area contributed by atoms with E-state index in [1.165, 1.54) is 0 Å². The van der Waals surface area contributed by atoms with E-state index in [2.05, 4.69) is 10.3 Å². The van der Waals surface area contributed by atoms with Gasteiger partial charge in [0.15, 0.2) is 10.6 Å². The molecule has 0 bridgehead atoms. The molecule has 2 N–H and O–H groups in total. The van der Waals surface area contributed by atoms with Crippen LogP contribution in [0.5, 0.6) is 0 Å². The van der Waals surface area contributed by atoms with Gasteiger partial charge < -0.3 is 14.9 Å². The minimum atomic E-state index is -0.128. The molecule has 0 radical (unpaired) electrons. The summed E-state index contributed by atoms with van der Waals surface area (Å²) in [4.78, 5) is 15.0. The molecule has 1 rings (SSSR count). The van der Waals surface area contributed by atoms with Crippen molar-refractivity contribution in [3.8, 4) is 0 Å². The van der Waals surface area contributed by atoms with Crippen LogP contribution in [0.2, 0.25) is 0 Å². The standard InChI is InChI=1S/C12H21N3OS/c1-5-13-10(11(16)8(2)3)6-9-7-14-12(17)15(9)4/h7-8,10,13H,5-6H2,1-4H3,(H,14,17). The Morgan fingerprint density at radius 1 is 1.59 bits per heavy atom. The lowest BCUT2D eigenvalue weighted by atomic mass is 9.98. The Labute approximate surface area is 107 Å². The number of carbonyl (C=O) groups excluding carboxylic acids is 1. The quantitative estimate of drug-likeness (QED) is 0.762. The van der Waals surface area contributed by atoms with E-state index in [-0.39, 0.29) is 17.7 Å². The zero-order valence-corrected chi connectivity index (χ0v) is 11.7. The van der Waals surface area contributed by atoms with Crippen LogP contribution in [0.1, 0.15) is 26.5 Å². The number of carbonyl (C=O) groups is 1. The first-order chi connectivity index (χ1) is 7.97. The highest BCUT2D eigenvalue weighted by Crippen LogP contribution is 2.08. The largest absolute Gasteiger partial charge is 0.337 e.